The minimum Gasteiger partial charge on any atom is -0.462 e. The largest absolute Gasteiger partial charge is 0.462 e. The lowest BCUT2D eigenvalue weighted by molar-refractivity contribution is -0.0167. The molecule has 1 aromatic heterocycles. The fourth-order valence-corrected chi connectivity index (χ4v) is 6.02. The molecule has 0 spiro atoms. The summed E-state index contributed by atoms with van der Waals surface area (Å²) < 4.78 is 59.1. The van der Waals surface area contributed by atoms with Crippen LogP contribution in [0.5, 0.6) is 6.01 Å². The summed E-state index contributed by atoms with van der Waals surface area (Å²) >= 11 is 6.42. The van der Waals surface area contributed by atoms with Gasteiger partial charge >= 0.3 is 6.01 Å². The number of aliphatic hydroxyl groups excluding tert-OH is 1. The van der Waals surface area contributed by atoms with E-state index >= 15 is 0 Å². The number of nitrogens with zero attached hydrogens (tertiary/aromatic N) is 6. The lowest BCUT2D eigenvalue weighted by Crippen LogP contribution is -2.57. The third-order valence-electron chi connectivity index (χ3n) is 7.83. The van der Waals surface area contributed by atoms with Crippen molar-refractivity contribution in [3.8, 4) is 12.1 Å². The number of piperazine rings is 1. The molecule has 44 heavy (non-hydrogen) atoms. The average molecular weight is 634 g/mol. The van der Waals surface area contributed by atoms with E-state index in [0.717, 1.165) is 16.6 Å². The first kappa shape index (κ1) is 31.7. The van der Waals surface area contributed by atoms with Gasteiger partial charge in [-0.1, -0.05) is 36.4 Å². The molecule has 0 bridgehead atoms. The zero-order chi connectivity index (χ0) is 31.4. The molecule has 9 nitrogen and oxygen atoms in total. The van der Waals surface area contributed by atoms with Gasteiger partial charge in [-0.2, -0.15) is 15.2 Å². The Bertz CT molecular complexity index is 1560. The summed E-state index contributed by atoms with van der Waals surface area (Å²) in [4.78, 5) is 14.9. The summed E-state index contributed by atoms with van der Waals surface area (Å²) in [6.07, 6.45) is -3.45. The third-order valence-corrected chi connectivity index (χ3v) is 8.20. The molecule has 2 aromatic carbocycles. The predicted molar refractivity (Wildman–Crippen MR) is 159 cm³/mol. The molecule has 0 saturated carbocycles. The zero-order valence-corrected chi connectivity index (χ0v) is 24.6. The Balaban J connectivity index is 1.46. The Morgan fingerprint density at radius 3 is 2.77 bits per heavy atom. The van der Waals surface area contributed by atoms with Crippen molar-refractivity contribution in [2.24, 2.45) is 0 Å². The number of hydrogen-bond donors (Lipinski definition) is 2. The van der Waals surface area contributed by atoms with Crippen molar-refractivity contribution in [1.82, 2.24) is 20.2 Å². The van der Waals surface area contributed by atoms with Gasteiger partial charge < -0.3 is 25.0 Å². The molecule has 1 fully saturated rings. The number of alkyl halides is 2. The summed E-state index contributed by atoms with van der Waals surface area (Å²) in [6.45, 7) is 4.71. The first-order valence-corrected chi connectivity index (χ1v) is 14.6. The Morgan fingerprint density at radius 2 is 2.02 bits per heavy atom. The number of benzene rings is 2. The van der Waals surface area contributed by atoms with Gasteiger partial charge in [0.1, 0.15) is 24.1 Å². The highest BCUT2D eigenvalue weighted by atomic mass is 35.5. The van der Waals surface area contributed by atoms with Crippen LogP contribution in [0.3, 0.4) is 0 Å². The zero-order valence-electron chi connectivity index (χ0n) is 23.8. The number of rotatable bonds is 11. The second-order valence-electron chi connectivity index (χ2n) is 10.6. The molecule has 0 radical (unpaired) electrons. The monoisotopic (exact) mass is 633 g/mol. The average Bonchev–Trinajstić information content (AvgIpc) is 3.01. The number of fused-ring (bicyclic) bond motifs is 2. The van der Waals surface area contributed by atoms with Crippen molar-refractivity contribution in [3.05, 3.63) is 64.8 Å². The maximum Gasteiger partial charge on any atom is 0.318 e. The quantitative estimate of drug-likeness (QED) is 0.235. The Labute approximate surface area is 257 Å². The number of hydrogen-bond acceptors (Lipinski definition) is 9. The van der Waals surface area contributed by atoms with Crippen molar-refractivity contribution < 1.29 is 27.4 Å². The van der Waals surface area contributed by atoms with Crippen LogP contribution in [0.4, 0.5) is 29.1 Å². The van der Waals surface area contributed by atoms with Crippen molar-refractivity contribution in [2.45, 2.75) is 38.1 Å². The molecule has 5 rings (SSSR count). The van der Waals surface area contributed by atoms with Crippen LogP contribution in [0.2, 0.25) is 5.02 Å². The maximum atomic E-state index is 14.5. The second-order valence-corrected chi connectivity index (χ2v) is 11.0. The number of nitrogens with one attached hydrogen (secondary N) is 1. The fraction of sp³-hybridized carbons (Fsp3) is 0.433. The van der Waals surface area contributed by atoms with Gasteiger partial charge in [-0.05, 0) is 23.9 Å². The summed E-state index contributed by atoms with van der Waals surface area (Å²) in [5, 5.41) is 23.8. The second kappa shape index (κ2) is 13.9. The van der Waals surface area contributed by atoms with E-state index in [9.17, 15) is 27.9 Å². The van der Waals surface area contributed by atoms with Gasteiger partial charge in [-0.3, -0.25) is 4.90 Å². The van der Waals surface area contributed by atoms with Gasteiger partial charge in [0.25, 0.3) is 6.43 Å². The minimum absolute atomic E-state index is 0.0344. The van der Waals surface area contributed by atoms with Gasteiger partial charge in [0, 0.05) is 55.4 Å². The van der Waals surface area contributed by atoms with Gasteiger partial charge in [-0.25, -0.2) is 17.6 Å². The first-order chi connectivity index (χ1) is 21.2. The number of halogens is 5. The van der Waals surface area contributed by atoms with Crippen molar-refractivity contribution >= 4 is 33.9 Å². The topological polar surface area (TPSA) is 101 Å². The Hall–Kier alpha value is -3.70. The minimum atomic E-state index is -2.49. The van der Waals surface area contributed by atoms with E-state index < -0.39 is 36.9 Å². The molecule has 1 saturated heterocycles. The first-order valence-electron chi connectivity index (χ1n) is 14.2. The smallest absolute Gasteiger partial charge is 0.318 e. The molecule has 3 heterocycles. The highest BCUT2D eigenvalue weighted by Gasteiger charge is 2.35. The van der Waals surface area contributed by atoms with E-state index in [2.05, 4.69) is 32.8 Å². The molecule has 1 unspecified atom stereocenters. The maximum absolute atomic E-state index is 14.5. The van der Waals surface area contributed by atoms with E-state index in [0.29, 0.717) is 43.0 Å². The molecule has 2 aliphatic rings. The van der Waals surface area contributed by atoms with Crippen LogP contribution in [0.1, 0.15) is 17.7 Å². The summed E-state index contributed by atoms with van der Waals surface area (Å²) in [5.74, 6) is -0.828. The van der Waals surface area contributed by atoms with E-state index in [1.54, 1.807) is 6.07 Å². The SMILES string of the molecule is C=C(F)C(O)N1CCN(c2nc(OCCNCC(F)F)nc3c2CCN(c2cccc4ccc(F)c(Cl)c24)C3)C[C@@H]1CC#N. The van der Waals surface area contributed by atoms with Crippen molar-refractivity contribution in [2.75, 3.05) is 55.7 Å². The lowest BCUT2D eigenvalue weighted by atomic mass is 10.0. The Morgan fingerprint density at radius 1 is 1.20 bits per heavy atom. The molecular weight excluding hydrogens is 602 g/mol. The molecule has 234 valence electrons. The summed E-state index contributed by atoms with van der Waals surface area (Å²) in [6, 6.07) is 10.3. The molecule has 2 aliphatic heterocycles. The fourth-order valence-electron chi connectivity index (χ4n) is 5.75. The molecular formula is C30H32ClF4N7O2. The number of aliphatic hydroxyl groups is 1. The van der Waals surface area contributed by atoms with Crippen LogP contribution < -0.4 is 19.9 Å². The Kier molecular flexibility index (Phi) is 10.1. The number of aromatic nitrogens is 2. The van der Waals surface area contributed by atoms with Crippen molar-refractivity contribution in [3.63, 3.8) is 0 Å². The highest BCUT2D eigenvalue weighted by Crippen LogP contribution is 2.38. The van der Waals surface area contributed by atoms with Gasteiger partial charge in [0.05, 0.1) is 36.3 Å². The van der Waals surface area contributed by atoms with Crippen LogP contribution in [0.25, 0.3) is 10.8 Å². The van der Waals surface area contributed by atoms with Gasteiger partial charge in [0.15, 0.2) is 6.23 Å². The number of ether oxygens (including phenoxy) is 1. The number of nitriles is 1. The van der Waals surface area contributed by atoms with Crippen LogP contribution in [0.15, 0.2) is 42.7 Å². The van der Waals surface area contributed by atoms with E-state index in [-0.39, 0.29) is 43.7 Å². The van der Waals surface area contributed by atoms with Gasteiger partial charge in [0.2, 0.25) is 0 Å². The summed E-state index contributed by atoms with van der Waals surface area (Å²) in [5.41, 5.74) is 2.28. The van der Waals surface area contributed by atoms with Crippen LogP contribution in [-0.2, 0) is 13.0 Å². The normalized spacial score (nSPS) is 17.9. The number of anilines is 2. The van der Waals surface area contributed by atoms with E-state index in [1.165, 1.54) is 11.0 Å². The van der Waals surface area contributed by atoms with E-state index in [4.69, 9.17) is 16.3 Å². The third kappa shape index (κ3) is 6.83. The summed E-state index contributed by atoms with van der Waals surface area (Å²) in [7, 11) is 0. The molecule has 0 amide bonds. The van der Waals surface area contributed by atoms with Crippen LogP contribution in [0, 0.1) is 17.1 Å². The molecule has 2 N–H and O–H groups in total. The van der Waals surface area contributed by atoms with Gasteiger partial charge in [-0.15, -0.1) is 0 Å². The predicted octanol–water partition coefficient (Wildman–Crippen LogP) is 4.42. The van der Waals surface area contributed by atoms with E-state index in [1.807, 2.05) is 23.1 Å². The molecule has 14 heteroatoms. The molecule has 0 aliphatic carbocycles. The lowest BCUT2D eigenvalue weighted by Gasteiger charge is -2.43. The molecule has 3 aromatic rings. The standard InChI is InChI=1S/C30H32ClF4N7O2/c1-18(32)29(43)42-13-12-41(16-20(42)7-9-36)28-21-8-11-40(24-4-2-3-19-5-6-22(33)27(31)26(19)24)17-23(21)38-30(39-28)44-14-10-37-15-25(34)35/h2-6,20,25,29,37,43H,1,7-8,10-17H2/t20-,29?/m0/s1. The molecule has 2 atom stereocenters. The van der Waals surface area contributed by atoms with Crippen LogP contribution >= 0.6 is 11.6 Å². The highest BCUT2D eigenvalue weighted by molar-refractivity contribution is 6.36. The van der Waals surface area contributed by atoms with Crippen LogP contribution in [-0.4, -0.2) is 84.5 Å². The van der Waals surface area contributed by atoms with Crippen molar-refractivity contribution in [1.29, 1.82) is 5.26 Å².